The van der Waals surface area contributed by atoms with E-state index < -0.39 is 0 Å². The standard InChI is InChI=1S/C19H24BrN/c1-4-11-21-19(13-16-8-6-5-7-14(16)2)18-10-9-17(20)12-15(18)3/h5-10,12,19,21H,4,11,13H2,1-3H3. The molecular weight excluding hydrogens is 322 g/mol. The van der Waals surface area contributed by atoms with Crippen molar-refractivity contribution in [2.24, 2.45) is 0 Å². The van der Waals surface area contributed by atoms with Crippen molar-refractivity contribution < 1.29 is 0 Å². The summed E-state index contributed by atoms with van der Waals surface area (Å²) in [5.41, 5.74) is 5.53. The van der Waals surface area contributed by atoms with Crippen LogP contribution in [0.2, 0.25) is 0 Å². The first-order valence-corrected chi connectivity index (χ1v) is 8.45. The minimum absolute atomic E-state index is 0.374. The maximum Gasteiger partial charge on any atom is 0.0363 e. The van der Waals surface area contributed by atoms with E-state index in [9.17, 15) is 0 Å². The van der Waals surface area contributed by atoms with Gasteiger partial charge in [0.15, 0.2) is 0 Å². The maximum absolute atomic E-state index is 3.71. The van der Waals surface area contributed by atoms with Crippen molar-refractivity contribution in [2.45, 2.75) is 39.7 Å². The Morgan fingerprint density at radius 1 is 1.05 bits per heavy atom. The lowest BCUT2D eigenvalue weighted by molar-refractivity contribution is 0.526. The molecule has 2 heteroatoms. The largest absolute Gasteiger partial charge is 0.310 e. The molecule has 0 radical (unpaired) electrons. The van der Waals surface area contributed by atoms with Crippen molar-refractivity contribution in [1.82, 2.24) is 5.32 Å². The van der Waals surface area contributed by atoms with E-state index in [1.807, 2.05) is 0 Å². The number of benzene rings is 2. The molecule has 0 amide bonds. The molecule has 0 aliphatic heterocycles. The Hall–Kier alpha value is -1.12. The molecule has 1 atom stereocenters. The minimum Gasteiger partial charge on any atom is -0.310 e. The molecule has 112 valence electrons. The van der Waals surface area contributed by atoms with Crippen LogP contribution in [-0.4, -0.2) is 6.54 Å². The van der Waals surface area contributed by atoms with E-state index in [2.05, 4.69) is 84.5 Å². The maximum atomic E-state index is 3.71. The Morgan fingerprint density at radius 3 is 2.48 bits per heavy atom. The van der Waals surface area contributed by atoms with Gasteiger partial charge in [-0.05, 0) is 67.6 Å². The first-order chi connectivity index (χ1) is 10.1. The second-order valence-corrected chi connectivity index (χ2v) is 6.55. The molecule has 0 heterocycles. The van der Waals surface area contributed by atoms with Crippen molar-refractivity contribution in [3.8, 4) is 0 Å². The van der Waals surface area contributed by atoms with Gasteiger partial charge in [-0.15, -0.1) is 0 Å². The Kier molecular flexibility index (Phi) is 6.01. The lowest BCUT2D eigenvalue weighted by atomic mass is 9.93. The van der Waals surface area contributed by atoms with Crippen LogP contribution < -0.4 is 5.32 Å². The van der Waals surface area contributed by atoms with Gasteiger partial charge >= 0.3 is 0 Å². The molecule has 1 nitrogen and oxygen atoms in total. The lowest BCUT2D eigenvalue weighted by Crippen LogP contribution is -2.25. The van der Waals surface area contributed by atoms with E-state index in [0.29, 0.717) is 6.04 Å². The third-order valence-electron chi connectivity index (χ3n) is 3.93. The third-order valence-corrected chi connectivity index (χ3v) is 4.43. The van der Waals surface area contributed by atoms with Gasteiger partial charge in [0.05, 0.1) is 0 Å². The summed E-state index contributed by atoms with van der Waals surface area (Å²) >= 11 is 3.56. The zero-order valence-electron chi connectivity index (χ0n) is 13.1. The van der Waals surface area contributed by atoms with Gasteiger partial charge in [-0.2, -0.15) is 0 Å². The highest BCUT2D eigenvalue weighted by Gasteiger charge is 2.15. The highest BCUT2D eigenvalue weighted by Crippen LogP contribution is 2.25. The number of hydrogen-bond donors (Lipinski definition) is 1. The van der Waals surface area contributed by atoms with Crippen molar-refractivity contribution in [2.75, 3.05) is 6.54 Å². The minimum atomic E-state index is 0.374. The van der Waals surface area contributed by atoms with Crippen LogP contribution in [0.15, 0.2) is 46.9 Å². The van der Waals surface area contributed by atoms with Crippen LogP contribution in [0.1, 0.15) is 41.6 Å². The van der Waals surface area contributed by atoms with Crippen LogP contribution >= 0.6 is 15.9 Å². The quantitative estimate of drug-likeness (QED) is 0.743. The predicted molar refractivity (Wildman–Crippen MR) is 94.8 cm³/mol. The van der Waals surface area contributed by atoms with Gasteiger partial charge in [-0.25, -0.2) is 0 Å². The van der Waals surface area contributed by atoms with Gasteiger partial charge in [0.2, 0.25) is 0 Å². The summed E-state index contributed by atoms with van der Waals surface area (Å²) in [4.78, 5) is 0. The molecule has 1 N–H and O–H groups in total. The fraction of sp³-hybridized carbons (Fsp3) is 0.368. The SMILES string of the molecule is CCCNC(Cc1ccccc1C)c1ccc(Br)cc1C. The molecule has 21 heavy (non-hydrogen) atoms. The van der Waals surface area contributed by atoms with Gasteiger partial charge in [-0.3, -0.25) is 0 Å². The average molecular weight is 346 g/mol. The topological polar surface area (TPSA) is 12.0 Å². The summed E-state index contributed by atoms with van der Waals surface area (Å²) in [5, 5.41) is 3.71. The monoisotopic (exact) mass is 345 g/mol. The van der Waals surface area contributed by atoms with Crippen molar-refractivity contribution >= 4 is 15.9 Å². The van der Waals surface area contributed by atoms with E-state index in [1.54, 1.807) is 0 Å². The molecule has 2 rings (SSSR count). The summed E-state index contributed by atoms with van der Waals surface area (Å²) in [7, 11) is 0. The third kappa shape index (κ3) is 4.42. The summed E-state index contributed by atoms with van der Waals surface area (Å²) in [5.74, 6) is 0. The Morgan fingerprint density at radius 2 is 1.81 bits per heavy atom. The van der Waals surface area contributed by atoms with Crippen LogP contribution in [0.25, 0.3) is 0 Å². The van der Waals surface area contributed by atoms with Gasteiger partial charge in [0.1, 0.15) is 0 Å². The van der Waals surface area contributed by atoms with E-state index in [4.69, 9.17) is 0 Å². The van der Waals surface area contributed by atoms with Crippen molar-refractivity contribution in [3.05, 3.63) is 69.2 Å². The van der Waals surface area contributed by atoms with Crippen LogP contribution in [0.3, 0.4) is 0 Å². The Balaban J connectivity index is 2.27. The van der Waals surface area contributed by atoms with E-state index in [0.717, 1.165) is 23.9 Å². The summed E-state index contributed by atoms with van der Waals surface area (Å²) < 4.78 is 1.15. The van der Waals surface area contributed by atoms with E-state index in [-0.39, 0.29) is 0 Å². The van der Waals surface area contributed by atoms with Crippen LogP contribution in [0, 0.1) is 13.8 Å². The zero-order valence-corrected chi connectivity index (χ0v) is 14.7. The lowest BCUT2D eigenvalue weighted by Gasteiger charge is -2.22. The number of hydrogen-bond acceptors (Lipinski definition) is 1. The second kappa shape index (κ2) is 7.77. The highest BCUT2D eigenvalue weighted by atomic mass is 79.9. The highest BCUT2D eigenvalue weighted by molar-refractivity contribution is 9.10. The zero-order chi connectivity index (χ0) is 15.2. The normalized spacial score (nSPS) is 12.4. The van der Waals surface area contributed by atoms with Gasteiger partial charge in [-0.1, -0.05) is 53.2 Å². The summed E-state index contributed by atoms with van der Waals surface area (Å²) in [6.45, 7) is 7.65. The molecule has 0 aliphatic rings. The molecule has 0 aromatic heterocycles. The van der Waals surface area contributed by atoms with Crippen LogP contribution in [-0.2, 0) is 6.42 Å². The van der Waals surface area contributed by atoms with Crippen molar-refractivity contribution in [3.63, 3.8) is 0 Å². The van der Waals surface area contributed by atoms with Gasteiger partial charge in [0, 0.05) is 10.5 Å². The van der Waals surface area contributed by atoms with Crippen LogP contribution in [0.4, 0.5) is 0 Å². The molecule has 0 spiro atoms. The smallest absolute Gasteiger partial charge is 0.0363 e. The molecule has 0 saturated carbocycles. The molecular formula is C19H24BrN. The van der Waals surface area contributed by atoms with Crippen molar-refractivity contribution in [1.29, 1.82) is 0 Å². The molecule has 0 bridgehead atoms. The molecule has 0 saturated heterocycles. The molecule has 0 aliphatic carbocycles. The first-order valence-electron chi connectivity index (χ1n) is 7.65. The molecule has 1 unspecified atom stereocenters. The van der Waals surface area contributed by atoms with E-state index >= 15 is 0 Å². The molecule has 0 fully saturated rings. The Bertz CT molecular complexity index is 592. The van der Waals surface area contributed by atoms with Gasteiger partial charge in [0.25, 0.3) is 0 Å². The number of rotatable bonds is 6. The number of aryl methyl sites for hydroxylation is 2. The number of nitrogens with one attached hydrogen (secondary N) is 1. The predicted octanol–water partition coefficient (Wildman–Crippen LogP) is 5.35. The second-order valence-electron chi connectivity index (χ2n) is 5.64. The van der Waals surface area contributed by atoms with Gasteiger partial charge < -0.3 is 5.32 Å². The fourth-order valence-electron chi connectivity index (χ4n) is 2.70. The average Bonchev–Trinajstić information content (AvgIpc) is 2.46. The van der Waals surface area contributed by atoms with Crippen LogP contribution in [0.5, 0.6) is 0 Å². The molecule has 2 aromatic carbocycles. The molecule has 2 aromatic rings. The fourth-order valence-corrected chi connectivity index (χ4v) is 3.18. The van der Waals surface area contributed by atoms with E-state index in [1.165, 1.54) is 22.3 Å². The first kappa shape index (κ1) is 16.3. The summed E-state index contributed by atoms with van der Waals surface area (Å²) in [6, 6.07) is 15.6. The number of halogens is 1. The Labute approximate surface area is 136 Å². The summed E-state index contributed by atoms with van der Waals surface area (Å²) in [6.07, 6.45) is 2.19.